The molecule has 0 heterocycles. The third-order valence-electron chi connectivity index (χ3n) is 8.08. The van der Waals surface area contributed by atoms with E-state index in [9.17, 15) is 0 Å². The molecule has 0 nitrogen and oxygen atoms in total. The van der Waals surface area contributed by atoms with Crippen molar-refractivity contribution in [3.63, 3.8) is 0 Å². The molecule has 0 aromatic carbocycles. The molecule has 3 fully saturated rings. The summed E-state index contributed by atoms with van der Waals surface area (Å²) in [5.74, 6) is 8.97. The molecule has 0 aromatic rings. The number of rotatable bonds is 2. The monoisotopic (exact) mass is 303 g/mol. The largest absolute Gasteiger partial charge is 0.0625 e. The summed E-state index contributed by atoms with van der Waals surface area (Å²) in [7, 11) is 0. The van der Waals surface area contributed by atoms with Crippen molar-refractivity contribution in [3.05, 3.63) is 5.92 Å². The van der Waals surface area contributed by atoms with Crippen molar-refractivity contribution in [1.82, 2.24) is 0 Å². The van der Waals surface area contributed by atoms with Crippen molar-refractivity contribution in [3.8, 4) is 0 Å². The van der Waals surface area contributed by atoms with Crippen LogP contribution in [0.25, 0.3) is 0 Å². The Morgan fingerprint density at radius 1 is 0.636 bits per heavy atom. The Morgan fingerprint density at radius 3 is 1.73 bits per heavy atom. The van der Waals surface area contributed by atoms with Crippen molar-refractivity contribution in [2.45, 2.75) is 91.9 Å². The fourth-order valence-electron chi connectivity index (χ4n) is 5.97. The lowest BCUT2D eigenvalue weighted by Crippen LogP contribution is -2.34. The van der Waals surface area contributed by atoms with Crippen LogP contribution in [0.3, 0.4) is 0 Å². The average molecular weight is 304 g/mol. The first kappa shape index (κ1) is 16.8. The number of hydrogen-bond donors (Lipinski definition) is 0. The Hall–Kier alpha value is 0. The fraction of sp³-hybridized carbons (Fsp3) is 0.955. The SMILES string of the molecule is CC1CC[C](C2CCC(C3CC(C)C(C)C(C)C3)CC2)CC1. The maximum atomic E-state index is 2.51. The smallest absolute Gasteiger partial charge is 0.0210 e. The lowest BCUT2D eigenvalue weighted by molar-refractivity contribution is 0.0784. The summed E-state index contributed by atoms with van der Waals surface area (Å²) < 4.78 is 0. The molecule has 0 aliphatic heterocycles. The molecule has 0 aromatic heterocycles. The molecule has 0 N–H and O–H groups in total. The van der Waals surface area contributed by atoms with E-state index >= 15 is 0 Å². The van der Waals surface area contributed by atoms with Gasteiger partial charge in [0.1, 0.15) is 0 Å². The maximum Gasteiger partial charge on any atom is -0.0210 e. The van der Waals surface area contributed by atoms with Crippen molar-refractivity contribution in [2.24, 2.45) is 41.4 Å². The molecule has 3 saturated carbocycles. The van der Waals surface area contributed by atoms with E-state index in [0.717, 1.165) is 41.4 Å². The average Bonchev–Trinajstić information content (AvgIpc) is 2.53. The summed E-state index contributed by atoms with van der Waals surface area (Å²) in [6.45, 7) is 9.96. The summed E-state index contributed by atoms with van der Waals surface area (Å²) >= 11 is 0. The minimum Gasteiger partial charge on any atom is -0.0625 e. The maximum absolute atomic E-state index is 2.51. The van der Waals surface area contributed by atoms with E-state index in [0.29, 0.717) is 0 Å². The van der Waals surface area contributed by atoms with Crippen molar-refractivity contribution in [1.29, 1.82) is 0 Å². The summed E-state index contributed by atoms with van der Waals surface area (Å²) in [6, 6.07) is 0. The van der Waals surface area contributed by atoms with Crippen molar-refractivity contribution >= 4 is 0 Å². The van der Waals surface area contributed by atoms with E-state index in [4.69, 9.17) is 0 Å². The molecule has 0 heteroatoms. The standard InChI is InChI=1S/C22H39/c1-15-5-7-19(8-6-15)20-9-11-21(12-10-20)22-13-16(2)18(4)17(3)14-22/h15-18,20-22H,5-14H2,1-4H3. The number of hydrogen-bond acceptors (Lipinski definition) is 0. The molecule has 3 rings (SSSR count). The first-order valence-corrected chi connectivity index (χ1v) is 10.4. The van der Waals surface area contributed by atoms with Gasteiger partial charge in [0.05, 0.1) is 0 Å². The van der Waals surface area contributed by atoms with Crippen LogP contribution in [0.15, 0.2) is 0 Å². The van der Waals surface area contributed by atoms with Crippen LogP contribution in [0.5, 0.6) is 0 Å². The Balaban J connectivity index is 1.47. The van der Waals surface area contributed by atoms with Gasteiger partial charge in [0.2, 0.25) is 0 Å². The minimum atomic E-state index is 0.951. The lowest BCUT2D eigenvalue weighted by Gasteiger charge is -2.44. The molecule has 0 amide bonds. The molecular weight excluding hydrogens is 264 g/mol. The summed E-state index contributed by atoms with van der Waals surface area (Å²) in [6.07, 6.45) is 15.1. The van der Waals surface area contributed by atoms with Gasteiger partial charge < -0.3 is 0 Å². The van der Waals surface area contributed by atoms with Crippen LogP contribution < -0.4 is 0 Å². The van der Waals surface area contributed by atoms with Gasteiger partial charge in [-0.3, -0.25) is 0 Å². The lowest BCUT2D eigenvalue weighted by atomic mass is 9.61. The zero-order valence-corrected chi connectivity index (χ0v) is 15.6. The second-order valence-electron chi connectivity index (χ2n) is 9.50. The summed E-state index contributed by atoms with van der Waals surface area (Å²) in [4.78, 5) is 0. The third-order valence-corrected chi connectivity index (χ3v) is 8.08. The predicted octanol–water partition coefficient (Wildman–Crippen LogP) is 6.90. The highest BCUT2D eigenvalue weighted by Gasteiger charge is 2.37. The molecule has 2 atom stereocenters. The zero-order valence-electron chi connectivity index (χ0n) is 15.6. The highest BCUT2D eigenvalue weighted by molar-refractivity contribution is 5.01. The minimum absolute atomic E-state index is 0.951. The highest BCUT2D eigenvalue weighted by atomic mass is 14.4. The predicted molar refractivity (Wildman–Crippen MR) is 96.5 cm³/mol. The van der Waals surface area contributed by atoms with Crippen LogP contribution in [-0.4, -0.2) is 0 Å². The van der Waals surface area contributed by atoms with E-state index in [1.807, 2.05) is 5.92 Å². The molecule has 1 radical (unpaired) electrons. The summed E-state index contributed by atoms with van der Waals surface area (Å²) in [5, 5.41) is 0. The normalized spacial score (nSPS) is 45.8. The molecule has 0 bridgehead atoms. The van der Waals surface area contributed by atoms with Gasteiger partial charge in [-0.2, -0.15) is 0 Å². The molecule has 3 aliphatic rings. The van der Waals surface area contributed by atoms with E-state index in [1.165, 1.54) is 51.4 Å². The van der Waals surface area contributed by atoms with E-state index in [2.05, 4.69) is 27.7 Å². The van der Waals surface area contributed by atoms with Gasteiger partial charge in [-0.05, 0) is 98.7 Å². The van der Waals surface area contributed by atoms with Crippen LogP contribution in [0, 0.1) is 47.3 Å². The highest BCUT2D eigenvalue weighted by Crippen LogP contribution is 2.48. The zero-order chi connectivity index (χ0) is 15.7. The molecule has 0 spiro atoms. The van der Waals surface area contributed by atoms with E-state index in [-0.39, 0.29) is 0 Å². The topological polar surface area (TPSA) is 0 Å². The Kier molecular flexibility index (Phi) is 5.56. The second kappa shape index (κ2) is 7.27. The molecule has 127 valence electrons. The summed E-state index contributed by atoms with van der Waals surface area (Å²) in [5.41, 5.74) is 0. The van der Waals surface area contributed by atoms with Crippen molar-refractivity contribution < 1.29 is 0 Å². The van der Waals surface area contributed by atoms with Crippen molar-refractivity contribution in [2.75, 3.05) is 0 Å². The van der Waals surface area contributed by atoms with E-state index in [1.54, 1.807) is 12.8 Å². The Bertz CT molecular complexity index is 318. The first-order valence-electron chi connectivity index (χ1n) is 10.4. The molecule has 22 heavy (non-hydrogen) atoms. The van der Waals surface area contributed by atoms with Crippen LogP contribution >= 0.6 is 0 Å². The van der Waals surface area contributed by atoms with Crippen LogP contribution in [0.1, 0.15) is 91.9 Å². The van der Waals surface area contributed by atoms with Gasteiger partial charge in [-0.1, -0.05) is 40.5 Å². The molecular formula is C22H39. The Labute approximate surface area is 139 Å². The van der Waals surface area contributed by atoms with Gasteiger partial charge in [0.15, 0.2) is 0 Å². The Morgan fingerprint density at radius 2 is 1.18 bits per heavy atom. The van der Waals surface area contributed by atoms with Gasteiger partial charge in [0.25, 0.3) is 0 Å². The fourth-order valence-corrected chi connectivity index (χ4v) is 5.97. The molecule has 3 aliphatic carbocycles. The van der Waals surface area contributed by atoms with Gasteiger partial charge in [-0.25, -0.2) is 0 Å². The molecule has 2 unspecified atom stereocenters. The van der Waals surface area contributed by atoms with Gasteiger partial charge >= 0.3 is 0 Å². The molecule has 0 saturated heterocycles. The quantitative estimate of drug-likeness (QED) is 0.520. The van der Waals surface area contributed by atoms with Gasteiger partial charge in [-0.15, -0.1) is 0 Å². The first-order chi connectivity index (χ1) is 10.5. The van der Waals surface area contributed by atoms with E-state index < -0.39 is 0 Å². The van der Waals surface area contributed by atoms with Gasteiger partial charge in [0, 0.05) is 0 Å². The third kappa shape index (κ3) is 3.73. The van der Waals surface area contributed by atoms with Crippen LogP contribution in [0.2, 0.25) is 0 Å². The van der Waals surface area contributed by atoms with Crippen LogP contribution in [-0.2, 0) is 0 Å². The van der Waals surface area contributed by atoms with Crippen LogP contribution in [0.4, 0.5) is 0 Å². The second-order valence-corrected chi connectivity index (χ2v) is 9.50.